The third kappa shape index (κ3) is 5.22. The maximum atomic E-state index is 12.3. The average Bonchev–Trinajstić information content (AvgIpc) is 2.60. The van der Waals surface area contributed by atoms with Crippen LogP contribution in [0, 0.1) is 6.92 Å². The molecule has 0 aliphatic carbocycles. The van der Waals surface area contributed by atoms with Gasteiger partial charge in [0, 0.05) is 24.7 Å². The second-order valence-corrected chi connectivity index (χ2v) is 6.12. The van der Waals surface area contributed by atoms with Crippen LogP contribution in [-0.4, -0.2) is 37.5 Å². The van der Waals surface area contributed by atoms with E-state index in [-0.39, 0.29) is 12.5 Å². The van der Waals surface area contributed by atoms with Crippen LogP contribution in [0.15, 0.2) is 48.5 Å². The molecule has 1 amide bonds. The van der Waals surface area contributed by atoms with Gasteiger partial charge in [-0.15, -0.1) is 0 Å². The number of carbonyl (C=O) groups excluding carboxylic acids is 2. The number of hydrogen-bond donors (Lipinski definition) is 0. The quantitative estimate of drug-likeness (QED) is 0.740. The number of nitrogens with zero attached hydrogens (tertiary/aromatic N) is 1. The lowest BCUT2D eigenvalue weighted by Crippen LogP contribution is -2.32. The minimum atomic E-state index is -1.00. The number of likely N-dealkylation sites (N-methyl/N-ethyl adjacent to an activating group) is 1. The molecule has 0 aromatic heterocycles. The molecule has 0 aliphatic heterocycles. The molecular weight excluding hydrogens is 342 g/mol. The molecule has 1 atom stereocenters. The zero-order valence-electron chi connectivity index (χ0n) is 14.4. The lowest BCUT2D eigenvalue weighted by molar-refractivity contribution is -0.161. The van der Waals surface area contributed by atoms with Crippen LogP contribution >= 0.6 is 11.6 Å². The molecule has 2 rings (SSSR count). The van der Waals surface area contributed by atoms with Gasteiger partial charge >= 0.3 is 5.97 Å². The first kappa shape index (κ1) is 18.8. The summed E-state index contributed by atoms with van der Waals surface area (Å²) in [5.74, 6) is -0.437. The summed E-state index contributed by atoms with van der Waals surface area (Å²) < 4.78 is 10.8. The Kier molecular flexibility index (Phi) is 6.42. The zero-order valence-corrected chi connectivity index (χ0v) is 15.1. The number of amides is 1. The third-order valence-electron chi connectivity index (χ3n) is 3.50. The summed E-state index contributed by atoms with van der Waals surface area (Å²) in [6, 6.07) is 14.0. The molecule has 0 saturated carbocycles. The number of ether oxygens (including phenoxy) is 2. The monoisotopic (exact) mass is 361 g/mol. The van der Waals surface area contributed by atoms with Gasteiger partial charge in [0.1, 0.15) is 5.75 Å². The van der Waals surface area contributed by atoms with Gasteiger partial charge in [-0.25, -0.2) is 4.79 Å². The summed E-state index contributed by atoms with van der Waals surface area (Å²) in [5.41, 5.74) is 1.45. The van der Waals surface area contributed by atoms with Gasteiger partial charge in [-0.05, 0) is 30.7 Å². The van der Waals surface area contributed by atoms with E-state index in [1.807, 2.05) is 13.0 Å². The van der Waals surface area contributed by atoms with Crippen molar-refractivity contribution in [3.8, 4) is 5.75 Å². The van der Waals surface area contributed by atoms with Crippen LogP contribution in [0.1, 0.15) is 17.2 Å². The van der Waals surface area contributed by atoms with Gasteiger partial charge in [-0.3, -0.25) is 4.79 Å². The van der Waals surface area contributed by atoms with Gasteiger partial charge in [-0.2, -0.15) is 0 Å². The number of aryl methyl sites for hydroxylation is 1. The van der Waals surface area contributed by atoms with Crippen LogP contribution in [0.25, 0.3) is 0 Å². The first-order chi connectivity index (χ1) is 11.9. The van der Waals surface area contributed by atoms with E-state index in [1.54, 1.807) is 56.6 Å². The molecule has 25 heavy (non-hydrogen) atoms. The molecule has 0 fully saturated rings. The van der Waals surface area contributed by atoms with E-state index in [0.29, 0.717) is 16.3 Å². The number of rotatable bonds is 6. The van der Waals surface area contributed by atoms with Crippen molar-refractivity contribution in [3.63, 3.8) is 0 Å². The lowest BCUT2D eigenvalue weighted by Gasteiger charge is -2.21. The van der Waals surface area contributed by atoms with Crippen molar-refractivity contribution >= 4 is 23.5 Å². The van der Waals surface area contributed by atoms with Crippen molar-refractivity contribution in [1.29, 1.82) is 0 Å². The Hall–Kier alpha value is -2.53. The Morgan fingerprint density at radius 1 is 1.12 bits per heavy atom. The van der Waals surface area contributed by atoms with Gasteiger partial charge in [0.2, 0.25) is 6.10 Å². The Morgan fingerprint density at radius 2 is 1.80 bits per heavy atom. The fourth-order valence-corrected chi connectivity index (χ4v) is 2.26. The molecule has 0 heterocycles. The molecule has 0 radical (unpaired) electrons. The van der Waals surface area contributed by atoms with Gasteiger partial charge < -0.3 is 14.4 Å². The number of esters is 1. The van der Waals surface area contributed by atoms with Gasteiger partial charge in [-0.1, -0.05) is 41.9 Å². The number of benzene rings is 2. The molecule has 2 aromatic rings. The normalized spacial score (nSPS) is 11.5. The van der Waals surface area contributed by atoms with Crippen molar-refractivity contribution in [2.24, 2.45) is 0 Å². The summed E-state index contributed by atoms with van der Waals surface area (Å²) in [6.45, 7) is 1.54. The van der Waals surface area contributed by atoms with E-state index in [4.69, 9.17) is 21.1 Å². The minimum absolute atomic E-state index is 0.300. The van der Waals surface area contributed by atoms with E-state index in [9.17, 15) is 9.59 Å². The Labute approximate surface area is 152 Å². The van der Waals surface area contributed by atoms with E-state index < -0.39 is 12.1 Å². The second kappa shape index (κ2) is 8.53. The number of hydrogen-bond acceptors (Lipinski definition) is 4. The predicted octanol–water partition coefficient (Wildman–Crippen LogP) is 3.40. The molecular formula is C19H20ClNO4. The Bertz CT molecular complexity index is 746. The van der Waals surface area contributed by atoms with Crippen LogP contribution in [0.5, 0.6) is 5.75 Å². The molecule has 0 bridgehead atoms. The van der Waals surface area contributed by atoms with Crippen molar-refractivity contribution in [1.82, 2.24) is 4.90 Å². The predicted molar refractivity (Wildman–Crippen MR) is 95.7 cm³/mol. The highest BCUT2D eigenvalue weighted by molar-refractivity contribution is 6.31. The highest BCUT2D eigenvalue weighted by Gasteiger charge is 2.26. The van der Waals surface area contributed by atoms with E-state index in [1.165, 1.54) is 4.90 Å². The minimum Gasteiger partial charge on any atom is -0.482 e. The molecule has 0 aliphatic rings. The summed E-state index contributed by atoms with van der Waals surface area (Å²) in [6.07, 6.45) is -1.00. The van der Waals surface area contributed by atoms with Gasteiger partial charge in [0.15, 0.2) is 6.61 Å². The highest BCUT2D eigenvalue weighted by Crippen LogP contribution is 2.22. The second-order valence-electron chi connectivity index (χ2n) is 5.71. The zero-order chi connectivity index (χ0) is 18.4. The lowest BCUT2D eigenvalue weighted by atomic mass is 10.1. The van der Waals surface area contributed by atoms with Crippen LogP contribution < -0.4 is 4.74 Å². The van der Waals surface area contributed by atoms with E-state index in [2.05, 4.69) is 0 Å². The van der Waals surface area contributed by atoms with Crippen molar-refractivity contribution in [3.05, 3.63) is 64.7 Å². The van der Waals surface area contributed by atoms with E-state index >= 15 is 0 Å². The van der Waals surface area contributed by atoms with E-state index in [0.717, 1.165) is 5.56 Å². The SMILES string of the molecule is Cc1cc(OCC(=O)O[C@@H](C(=O)N(C)C)c2ccccc2)ccc1Cl. The summed E-state index contributed by atoms with van der Waals surface area (Å²) in [4.78, 5) is 25.8. The smallest absolute Gasteiger partial charge is 0.345 e. The molecule has 0 N–H and O–H groups in total. The molecule has 6 heteroatoms. The first-order valence-electron chi connectivity index (χ1n) is 7.73. The van der Waals surface area contributed by atoms with Gasteiger partial charge in [0.05, 0.1) is 0 Å². The molecule has 5 nitrogen and oxygen atoms in total. The fourth-order valence-electron chi connectivity index (χ4n) is 2.14. The van der Waals surface area contributed by atoms with Crippen LogP contribution in [0.4, 0.5) is 0 Å². The van der Waals surface area contributed by atoms with Gasteiger partial charge in [0.25, 0.3) is 5.91 Å². The number of carbonyl (C=O) groups is 2. The van der Waals surface area contributed by atoms with Crippen molar-refractivity contribution < 1.29 is 19.1 Å². The van der Waals surface area contributed by atoms with Crippen LogP contribution in [-0.2, 0) is 14.3 Å². The number of halogens is 1. The Morgan fingerprint density at radius 3 is 2.40 bits per heavy atom. The highest BCUT2D eigenvalue weighted by atomic mass is 35.5. The maximum absolute atomic E-state index is 12.3. The van der Waals surface area contributed by atoms with Crippen LogP contribution in [0.2, 0.25) is 5.02 Å². The Balaban J connectivity index is 2.04. The van der Waals surface area contributed by atoms with Crippen molar-refractivity contribution in [2.45, 2.75) is 13.0 Å². The van der Waals surface area contributed by atoms with Crippen molar-refractivity contribution in [2.75, 3.05) is 20.7 Å². The standard InChI is InChI=1S/C19H20ClNO4/c1-13-11-15(9-10-16(13)20)24-12-17(22)25-18(19(23)21(2)3)14-7-5-4-6-8-14/h4-11,18H,12H2,1-3H3/t18-/m1/s1. The maximum Gasteiger partial charge on any atom is 0.345 e. The summed E-state index contributed by atoms with van der Waals surface area (Å²) in [7, 11) is 3.22. The summed E-state index contributed by atoms with van der Waals surface area (Å²) in [5, 5.41) is 0.621. The van der Waals surface area contributed by atoms with Crippen LogP contribution in [0.3, 0.4) is 0 Å². The summed E-state index contributed by atoms with van der Waals surface area (Å²) >= 11 is 5.96. The third-order valence-corrected chi connectivity index (χ3v) is 3.93. The molecule has 0 unspecified atom stereocenters. The molecule has 0 spiro atoms. The average molecular weight is 362 g/mol. The molecule has 2 aromatic carbocycles. The molecule has 0 saturated heterocycles. The topological polar surface area (TPSA) is 55.8 Å². The first-order valence-corrected chi connectivity index (χ1v) is 8.11. The molecule has 132 valence electrons. The largest absolute Gasteiger partial charge is 0.482 e. The fraction of sp³-hybridized carbons (Fsp3) is 0.263.